The Morgan fingerprint density at radius 1 is 0.967 bits per heavy atom. The Kier molecular flexibility index (Phi) is 5.66. The van der Waals surface area contributed by atoms with E-state index in [0.717, 1.165) is 10.2 Å². The molecule has 30 heavy (non-hydrogen) atoms. The van der Waals surface area contributed by atoms with E-state index in [2.05, 4.69) is 15.0 Å². The summed E-state index contributed by atoms with van der Waals surface area (Å²) in [5.41, 5.74) is 3.54. The van der Waals surface area contributed by atoms with Crippen molar-refractivity contribution < 1.29 is 13.2 Å². The molecule has 0 saturated carbocycles. The third kappa shape index (κ3) is 4.41. The van der Waals surface area contributed by atoms with E-state index in [1.807, 2.05) is 0 Å². The second-order valence-corrected chi connectivity index (χ2v) is 9.63. The van der Waals surface area contributed by atoms with Gasteiger partial charge in [-0.25, -0.2) is 13.4 Å². The Bertz CT molecular complexity index is 1370. The molecule has 4 rings (SSSR count). The number of nitrogens with one attached hydrogen (secondary N) is 2. The van der Waals surface area contributed by atoms with Gasteiger partial charge in [-0.15, -0.1) is 11.3 Å². The summed E-state index contributed by atoms with van der Waals surface area (Å²) in [5.74, 6) is -0.376. The van der Waals surface area contributed by atoms with Crippen LogP contribution in [0.1, 0.15) is 10.4 Å². The number of aromatic nitrogens is 1. The molecule has 2 N–H and O–H groups in total. The van der Waals surface area contributed by atoms with E-state index in [4.69, 9.17) is 23.2 Å². The van der Waals surface area contributed by atoms with Crippen molar-refractivity contribution in [2.45, 2.75) is 4.90 Å². The molecule has 0 saturated heterocycles. The molecular weight excluding hydrogens is 465 g/mol. The first kappa shape index (κ1) is 20.6. The van der Waals surface area contributed by atoms with Crippen LogP contribution in [-0.2, 0) is 10.0 Å². The highest BCUT2D eigenvalue weighted by atomic mass is 35.5. The number of hydrogen-bond acceptors (Lipinski definition) is 5. The predicted octanol–water partition coefficient (Wildman–Crippen LogP) is 5.66. The number of sulfonamides is 1. The fourth-order valence-corrected chi connectivity index (χ4v) is 5.23. The summed E-state index contributed by atoms with van der Waals surface area (Å²) in [6.45, 7) is 0. The fourth-order valence-electron chi connectivity index (χ4n) is 2.75. The highest BCUT2D eigenvalue weighted by molar-refractivity contribution is 7.92. The number of amides is 1. The third-order valence-corrected chi connectivity index (χ3v) is 7.04. The predicted molar refractivity (Wildman–Crippen MR) is 121 cm³/mol. The van der Waals surface area contributed by atoms with Crippen LogP contribution in [0.15, 0.2) is 71.1 Å². The van der Waals surface area contributed by atoms with Crippen LogP contribution in [-0.4, -0.2) is 19.3 Å². The van der Waals surface area contributed by atoms with Gasteiger partial charge in [0.15, 0.2) is 0 Å². The van der Waals surface area contributed by atoms with E-state index in [-0.39, 0.29) is 15.8 Å². The Hall–Kier alpha value is -2.65. The summed E-state index contributed by atoms with van der Waals surface area (Å²) in [6.07, 6.45) is 0. The molecule has 10 heteroatoms. The molecule has 1 amide bonds. The number of halogens is 2. The number of carbonyl (C=O) groups excluding carboxylic acids is 1. The fraction of sp³-hybridized carbons (Fsp3) is 0. The van der Waals surface area contributed by atoms with Gasteiger partial charge in [0.1, 0.15) is 4.90 Å². The maximum Gasteiger partial charge on any atom is 0.263 e. The van der Waals surface area contributed by atoms with Crippen LogP contribution in [0.4, 0.5) is 11.4 Å². The van der Waals surface area contributed by atoms with E-state index in [1.54, 1.807) is 41.9 Å². The highest BCUT2D eigenvalue weighted by Gasteiger charge is 2.20. The average molecular weight is 478 g/mol. The molecule has 3 aromatic carbocycles. The second kappa shape index (κ2) is 8.23. The SMILES string of the molecule is O=C(Nc1ccc(Cl)c(S(=O)(=O)Nc2cccc(Cl)c2)c1)c1ccc2ncsc2c1. The third-order valence-electron chi connectivity index (χ3n) is 4.15. The summed E-state index contributed by atoms with van der Waals surface area (Å²) >= 11 is 13.5. The molecule has 6 nitrogen and oxygen atoms in total. The molecule has 0 spiro atoms. The van der Waals surface area contributed by atoms with E-state index < -0.39 is 10.0 Å². The lowest BCUT2D eigenvalue weighted by Gasteiger charge is -2.12. The summed E-state index contributed by atoms with van der Waals surface area (Å²) < 4.78 is 28.9. The van der Waals surface area contributed by atoms with E-state index in [0.29, 0.717) is 22.0 Å². The lowest BCUT2D eigenvalue weighted by Crippen LogP contribution is -2.15. The first-order valence-electron chi connectivity index (χ1n) is 8.54. The van der Waals surface area contributed by atoms with E-state index in [1.165, 1.54) is 35.6 Å². The smallest absolute Gasteiger partial charge is 0.263 e. The number of thiazole rings is 1. The zero-order valence-corrected chi connectivity index (χ0v) is 18.2. The Labute approximate surface area is 186 Å². The van der Waals surface area contributed by atoms with Crippen molar-refractivity contribution in [2.24, 2.45) is 0 Å². The van der Waals surface area contributed by atoms with Crippen LogP contribution in [0.5, 0.6) is 0 Å². The molecule has 152 valence electrons. The van der Waals surface area contributed by atoms with Gasteiger partial charge in [-0.2, -0.15) is 0 Å². The molecule has 0 aliphatic rings. The monoisotopic (exact) mass is 477 g/mol. The summed E-state index contributed by atoms with van der Waals surface area (Å²) in [4.78, 5) is 16.6. The van der Waals surface area contributed by atoms with Crippen molar-refractivity contribution in [3.05, 3.63) is 81.8 Å². The summed E-state index contributed by atoms with van der Waals surface area (Å²) in [7, 11) is -4.00. The number of fused-ring (bicyclic) bond motifs is 1. The van der Waals surface area contributed by atoms with Crippen molar-refractivity contribution >= 4 is 72.1 Å². The quantitative estimate of drug-likeness (QED) is 0.388. The van der Waals surface area contributed by atoms with Crippen molar-refractivity contribution in [1.82, 2.24) is 4.98 Å². The van der Waals surface area contributed by atoms with E-state index in [9.17, 15) is 13.2 Å². The van der Waals surface area contributed by atoms with Crippen molar-refractivity contribution in [2.75, 3.05) is 10.0 Å². The van der Waals surface area contributed by atoms with Crippen LogP contribution in [0.3, 0.4) is 0 Å². The second-order valence-electron chi connectivity index (χ2n) is 6.25. The van der Waals surface area contributed by atoms with Gasteiger partial charge in [-0.3, -0.25) is 9.52 Å². The van der Waals surface area contributed by atoms with Gasteiger partial charge in [-0.1, -0.05) is 29.3 Å². The minimum Gasteiger partial charge on any atom is -0.322 e. The van der Waals surface area contributed by atoms with Gasteiger partial charge < -0.3 is 5.32 Å². The molecule has 0 unspecified atom stereocenters. The molecule has 1 aromatic heterocycles. The number of carbonyl (C=O) groups is 1. The average Bonchev–Trinajstić information content (AvgIpc) is 3.17. The first-order valence-corrected chi connectivity index (χ1v) is 11.7. The largest absolute Gasteiger partial charge is 0.322 e. The molecule has 0 aliphatic carbocycles. The van der Waals surface area contributed by atoms with Crippen LogP contribution in [0, 0.1) is 0 Å². The molecule has 0 aliphatic heterocycles. The van der Waals surface area contributed by atoms with Crippen LogP contribution in [0.25, 0.3) is 10.2 Å². The molecule has 4 aromatic rings. The van der Waals surface area contributed by atoms with Crippen molar-refractivity contribution in [3.63, 3.8) is 0 Å². The molecule has 0 fully saturated rings. The molecular formula is C20H13Cl2N3O3S2. The summed E-state index contributed by atoms with van der Waals surface area (Å²) in [5, 5.41) is 3.11. The zero-order chi connectivity index (χ0) is 21.3. The molecule has 1 heterocycles. The van der Waals surface area contributed by atoms with Gasteiger partial charge in [0, 0.05) is 16.3 Å². The topological polar surface area (TPSA) is 88.2 Å². The van der Waals surface area contributed by atoms with Crippen LogP contribution in [0.2, 0.25) is 10.0 Å². The highest BCUT2D eigenvalue weighted by Crippen LogP contribution is 2.28. The lowest BCUT2D eigenvalue weighted by molar-refractivity contribution is 0.102. The number of rotatable bonds is 5. The molecule has 0 radical (unpaired) electrons. The number of anilines is 2. The Morgan fingerprint density at radius 3 is 2.60 bits per heavy atom. The Balaban J connectivity index is 1.60. The Morgan fingerprint density at radius 2 is 1.80 bits per heavy atom. The maximum absolute atomic E-state index is 12.8. The maximum atomic E-state index is 12.8. The standard InChI is InChI=1S/C20H13Cl2N3O3S2/c21-13-2-1-3-15(9-13)25-30(27,28)19-10-14(5-6-16(19)22)24-20(26)12-4-7-17-18(8-12)29-11-23-17/h1-11,25H,(H,24,26). The van der Waals surface area contributed by atoms with Gasteiger partial charge in [0.05, 0.1) is 26.4 Å². The number of hydrogen-bond donors (Lipinski definition) is 2. The van der Waals surface area contributed by atoms with Crippen molar-refractivity contribution in [1.29, 1.82) is 0 Å². The minimum absolute atomic E-state index is 0.0219. The first-order chi connectivity index (χ1) is 14.3. The van der Waals surface area contributed by atoms with Gasteiger partial charge in [0.2, 0.25) is 0 Å². The van der Waals surface area contributed by atoms with Gasteiger partial charge >= 0.3 is 0 Å². The van der Waals surface area contributed by atoms with E-state index >= 15 is 0 Å². The normalized spacial score (nSPS) is 11.4. The van der Waals surface area contributed by atoms with Crippen molar-refractivity contribution in [3.8, 4) is 0 Å². The van der Waals surface area contributed by atoms with Crippen LogP contribution >= 0.6 is 34.5 Å². The lowest BCUT2D eigenvalue weighted by atomic mass is 10.2. The van der Waals surface area contributed by atoms with Gasteiger partial charge in [-0.05, 0) is 54.6 Å². The molecule has 0 bridgehead atoms. The number of nitrogens with zero attached hydrogens (tertiary/aromatic N) is 1. The minimum atomic E-state index is -4.00. The number of benzene rings is 3. The molecule has 0 atom stereocenters. The summed E-state index contributed by atoms with van der Waals surface area (Å²) in [6, 6.07) is 15.7. The van der Waals surface area contributed by atoms with Crippen LogP contribution < -0.4 is 10.0 Å². The zero-order valence-electron chi connectivity index (χ0n) is 15.1. The van der Waals surface area contributed by atoms with Gasteiger partial charge in [0.25, 0.3) is 15.9 Å².